The van der Waals surface area contributed by atoms with Gasteiger partial charge < -0.3 is 5.32 Å². The fraction of sp³-hybridized carbons (Fsp3) is 0.481. The second-order valence-corrected chi connectivity index (χ2v) is 9.25. The number of hydrogen-bond donors (Lipinski definition) is 1. The zero-order chi connectivity index (χ0) is 21.4. The first-order chi connectivity index (χ1) is 13.1. The van der Waals surface area contributed by atoms with E-state index in [1.165, 1.54) is 35.2 Å². The lowest BCUT2D eigenvalue weighted by Crippen LogP contribution is -2.36. The molecule has 154 valence electrons. The fourth-order valence-corrected chi connectivity index (χ4v) is 2.91. The number of hydrogen-bond acceptors (Lipinski definition) is 1. The molecule has 0 aromatic heterocycles. The lowest BCUT2D eigenvalue weighted by Gasteiger charge is -2.39. The Bertz CT molecular complexity index is 723. The molecule has 0 aliphatic rings. The van der Waals surface area contributed by atoms with E-state index in [4.69, 9.17) is 0 Å². The Kier molecular flexibility index (Phi) is 9.01. The molecule has 1 nitrogen and oxygen atoms in total. The van der Waals surface area contributed by atoms with E-state index in [-0.39, 0.29) is 10.8 Å². The smallest absolute Gasteiger partial charge is 0.0428 e. The number of rotatable bonds is 10. The second kappa shape index (κ2) is 10.5. The summed E-state index contributed by atoms with van der Waals surface area (Å²) in [5.41, 5.74) is 6.38. The van der Waals surface area contributed by atoms with Crippen molar-refractivity contribution in [2.24, 2.45) is 10.8 Å². The maximum atomic E-state index is 4.09. The van der Waals surface area contributed by atoms with Crippen molar-refractivity contribution in [3.63, 3.8) is 0 Å². The molecule has 1 heteroatoms. The van der Waals surface area contributed by atoms with Gasteiger partial charge in [-0.05, 0) is 53.4 Å². The van der Waals surface area contributed by atoms with E-state index >= 15 is 0 Å². The van der Waals surface area contributed by atoms with Crippen molar-refractivity contribution in [3.8, 4) is 0 Å². The van der Waals surface area contributed by atoms with E-state index in [1.54, 1.807) is 0 Å². The van der Waals surface area contributed by atoms with Gasteiger partial charge in [-0.2, -0.15) is 0 Å². The lowest BCUT2D eigenvalue weighted by molar-refractivity contribution is 0.148. The topological polar surface area (TPSA) is 12.0 Å². The molecule has 1 N–H and O–H groups in total. The third kappa shape index (κ3) is 6.26. The standard InChI is InChI=1S/C27H41N/c1-10-14-16-21-18-23(13-4)25(22(12-3)17-15-11-2)24(19-21)28-20-27(8,9)26(5,6)7/h11-13,15,17-19,28H,3-4,10,14,16,20H2,1-2,5-9H3/b15-11-,22-17+. The van der Waals surface area contributed by atoms with Gasteiger partial charge in [0.25, 0.3) is 0 Å². The first kappa shape index (κ1) is 24.0. The molecule has 0 spiro atoms. The number of unbranched alkanes of at least 4 members (excludes halogenated alkanes) is 1. The predicted octanol–water partition coefficient (Wildman–Crippen LogP) is 8.30. The molecular weight excluding hydrogens is 338 g/mol. The highest BCUT2D eigenvalue weighted by Crippen LogP contribution is 2.39. The number of benzene rings is 1. The molecule has 0 saturated heterocycles. The summed E-state index contributed by atoms with van der Waals surface area (Å²) in [4.78, 5) is 0. The highest BCUT2D eigenvalue weighted by atomic mass is 14.9. The third-order valence-corrected chi connectivity index (χ3v) is 6.00. The molecule has 0 aliphatic heterocycles. The Hall–Kier alpha value is -2.02. The van der Waals surface area contributed by atoms with Crippen molar-refractivity contribution in [1.29, 1.82) is 0 Å². The minimum Gasteiger partial charge on any atom is -0.384 e. The highest BCUT2D eigenvalue weighted by Gasteiger charge is 2.32. The van der Waals surface area contributed by atoms with Gasteiger partial charge in [0.05, 0.1) is 0 Å². The van der Waals surface area contributed by atoms with E-state index in [2.05, 4.69) is 84.3 Å². The van der Waals surface area contributed by atoms with Crippen LogP contribution in [0.5, 0.6) is 0 Å². The number of allylic oxidation sites excluding steroid dienone is 5. The van der Waals surface area contributed by atoms with E-state index < -0.39 is 0 Å². The quantitative estimate of drug-likeness (QED) is 0.403. The first-order valence-electron chi connectivity index (χ1n) is 10.6. The maximum absolute atomic E-state index is 4.09. The van der Waals surface area contributed by atoms with Gasteiger partial charge in [0, 0.05) is 17.8 Å². The Labute approximate surface area is 174 Å². The lowest BCUT2D eigenvalue weighted by atomic mass is 9.69. The van der Waals surface area contributed by atoms with Gasteiger partial charge in [0.2, 0.25) is 0 Å². The maximum Gasteiger partial charge on any atom is 0.0428 e. The van der Waals surface area contributed by atoms with Crippen LogP contribution >= 0.6 is 0 Å². The Morgan fingerprint density at radius 2 is 1.79 bits per heavy atom. The van der Waals surface area contributed by atoms with Crippen molar-refractivity contribution < 1.29 is 0 Å². The average Bonchev–Trinajstić information content (AvgIpc) is 2.64. The molecule has 0 atom stereocenters. The van der Waals surface area contributed by atoms with Crippen LogP contribution in [-0.2, 0) is 6.42 Å². The summed E-state index contributed by atoms with van der Waals surface area (Å²) in [7, 11) is 0. The number of anilines is 1. The molecule has 0 aliphatic carbocycles. The molecule has 0 bridgehead atoms. The van der Waals surface area contributed by atoms with Crippen molar-refractivity contribution in [2.45, 2.75) is 67.7 Å². The molecule has 1 aromatic carbocycles. The summed E-state index contributed by atoms with van der Waals surface area (Å²) in [6, 6.07) is 4.61. The SMILES string of the molecule is C=C/C(=C\C=C/C)c1c(C=C)cc(CCCC)cc1NCC(C)(C)C(C)(C)C. The van der Waals surface area contributed by atoms with Crippen molar-refractivity contribution in [3.05, 3.63) is 66.3 Å². The normalized spacial score (nSPS) is 13.0. The molecule has 28 heavy (non-hydrogen) atoms. The van der Waals surface area contributed by atoms with Gasteiger partial charge in [-0.15, -0.1) is 0 Å². The van der Waals surface area contributed by atoms with Crippen LogP contribution in [0.25, 0.3) is 11.6 Å². The Morgan fingerprint density at radius 1 is 1.11 bits per heavy atom. The van der Waals surface area contributed by atoms with Crippen molar-refractivity contribution in [1.82, 2.24) is 0 Å². The van der Waals surface area contributed by atoms with Crippen LogP contribution in [0.2, 0.25) is 0 Å². The molecule has 0 radical (unpaired) electrons. The Balaban J connectivity index is 3.50. The monoisotopic (exact) mass is 379 g/mol. The molecule has 0 heterocycles. The summed E-state index contributed by atoms with van der Waals surface area (Å²) in [6.45, 7) is 24.9. The van der Waals surface area contributed by atoms with Gasteiger partial charge in [0.15, 0.2) is 0 Å². The summed E-state index contributed by atoms with van der Waals surface area (Å²) in [5.74, 6) is 0. The van der Waals surface area contributed by atoms with E-state index in [0.717, 1.165) is 18.5 Å². The molecular formula is C27H41N. The average molecular weight is 380 g/mol. The zero-order valence-electron chi connectivity index (χ0n) is 19.3. The number of nitrogens with one attached hydrogen (secondary N) is 1. The van der Waals surface area contributed by atoms with Crippen LogP contribution < -0.4 is 5.32 Å². The Morgan fingerprint density at radius 3 is 2.29 bits per heavy atom. The van der Waals surface area contributed by atoms with Crippen LogP contribution in [0, 0.1) is 10.8 Å². The van der Waals surface area contributed by atoms with Gasteiger partial charge in [-0.25, -0.2) is 0 Å². The summed E-state index contributed by atoms with van der Waals surface area (Å²) >= 11 is 0. The van der Waals surface area contributed by atoms with E-state index in [1.807, 2.05) is 25.2 Å². The largest absolute Gasteiger partial charge is 0.384 e. The molecule has 0 fully saturated rings. The molecule has 0 saturated carbocycles. The fourth-order valence-electron chi connectivity index (χ4n) is 2.91. The van der Waals surface area contributed by atoms with Gasteiger partial charge >= 0.3 is 0 Å². The van der Waals surface area contributed by atoms with E-state index in [9.17, 15) is 0 Å². The summed E-state index contributed by atoms with van der Waals surface area (Å²) < 4.78 is 0. The second-order valence-electron chi connectivity index (χ2n) is 9.25. The van der Waals surface area contributed by atoms with Crippen LogP contribution in [0.1, 0.15) is 78.0 Å². The van der Waals surface area contributed by atoms with Gasteiger partial charge in [-0.1, -0.05) is 97.6 Å². The van der Waals surface area contributed by atoms with E-state index in [0.29, 0.717) is 0 Å². The summed E-state index contributed by atoms with van der Waals surface area (Å²) in [6.07, 6.45) is 13.6. The molecule has 1 rings (SSSR count). The van der Waals surface area contributed by atoms with Crippen molar-refractivity contribution in [2.75, 3.05) is 11.9 Å². The highest BCUT2D eigenvalue weighted by molar-refractivity contribution is 5.88. The summed E-state index contributed by atoms with van der Waals surface area (Å²) in [5, 5.41) is 3.78. The molecule has 1 aromatic rings. The van der Waals surface area contributed by atoms with Gasteiger partial charge in [0.1, 0.15) is 0 Å². The minimum atomic E-state index is 0.152. The van der Waals surface area contributed by atoms with Crippen LogP contribution in [0.4, 0.5) is 5.69 Å². The van der Waals surface area contributed by atoms with Crippen LogP contribution in [0.15, 0.2) is 49.6 Å². The van der Waals surface area contributed by atoms with Crippen molar-refractivity contribution >= 4 is 17.3 Å². The molecule has 0 amide bonds. The third-order valence-electron chi connectivity index (χ3n) is 6.00. The predicted molar refractivity (Wildman–Crippen MR) is 130 cm³/mol. The van der Waals surface area contributed by atoms with Crippen LogP contribution in [0.3, 0.4) is 0 Å². The van der Waals surface area contributed by atoms with Gasteiger partial charge in [-0.3, -0.25) is 0 Å². The first-order valence-corrected chi connectivity index (χ1v) is 10.6. The zero-order valence-corrected chi connectivity index (χ0v) is 19.3. The minimum absolute atomic E-state index is 0.152. The number of aryl methyl sites for hydroxylation is 1. The molecule has 0 unspecified atom stereocenters. The van der Waals surface area contributed by atoms with Crippen LogP contribution in [-0.4, -0.2) is 6.54 Å².